The molecule has 0 saturated heterocycles. The van der Waals surface area contributed by atoms with E-state index in [-0.39, 0.29) is 36.6 Å². The van der Waals surface area contributed by atoms with Gasteiger partial charge in [0.1, 0.15) is 11.6 Å². The Labute approximate surface area is 167 Å². The van der Waals surface area contributed by atoms with Gasteiger partial charge in [0.2, 0.25) is 0 Å². The first-order chi connectivity index (χ1) is 11.8. The normalized spacial score (nSPS) is 13.4. The Morgan fingerprint density at radius 2 is 2.24 bits per heavy atom. The quantitative estimate of drug-likeness (QED) is 0.395. The van der Waals surface area contributed by atoms with Crippen LogP contribution in [0.25, 0.3) is 0 Å². The van der Waals surface area contributed by atoms with Gasteiger partial charge >= 0.3 is 0 Å². The zero-order valence-corrected chi connectivity index (χ0v) is 17.0. The van der Waals surface area contributed by atoms with Gasteiger partial charge in [0.25, 0.3) is 0 Å². The highest BCUT2D eigenvalue weighted by molar-refractivity contribution is 14.0. The van der Waals surface area contributed by atoms with Gasteiger partial charge in [-0.3, -0.25) is 4.99 Å². The number of hydrogen-bond donors (Lipinski definition) is 2. The minimum Gasteiger partial charge on any atom is -0.467 e. The van der Waals surface area contributed by atoms with Crippen LogP contribution >= 0.6 is 35.3 Å². The number of guanidine groups is 1. The van der Waals surface area contributed by atoms with Crippen molar-refractivity contribution in [1.29, 1.82) is 0 Å². The summed E-state index contributed by atoms with van der Waals surface area (Å²) in [7, 11) is 1.71. The fourth-order valence-electron chi connectivity index (χ4n) is 2.55. The largest absolute Gasteiger partial charge is 0.467 e. The summed E-state index contributed by atoms with van der Waals surface area (Å²) in [5.41, 5.74) is 1.49. The molecule has 0 radical (unpaired) electrons. The lowest BCUT2D eigenvalue weighted by molar-refractivity contribution is -0.0172. The van der Waals surface area contributed by atoms with Crippen LogP contribution in [0.4, 0.5) is 4.39 Å². The van der Waals surface area contributed by atoms with Gasteiger partial charge in [-0.25, -0.2) is 4.39 Å². The third-order valence-electron chi connectivity index (χ3n) is 3.67. The zero-order valence-electron chi connectivity index (χ0n) is 13.9. The van der Waals surface area contributed by atoms with Crippen molar-refractivity contribution in [3.8, 4) is 5.75 Å². The van der Waals surface area contributed by atoms with Crippen molar-refractivity contribution in [2.45, 2.75) is 19.6 Å². The number of benzene rings is 1. The van der Waals surface area contributed by atoms with Crippen LogP contribution in [0.5, 0.6) is 5.75 Å². The first-order valence-corrected chi connectivity index (χ1v) is 8.63. The number of nitrogens with zero attached hydrogens (tertiary/aromatic N) is 1. The summed E-state index contributed by atoms with van der Waals surface area (Å²) in [5, 5.41) is 8.53. The van der Waals surface area contributed by atoms with Crippen molar-refractivity contribution in [3.05, 3.63) is 51.5 Å². The number of thiophene rings is 1. The minimum atomic E-state index is -0.291. The molecule has 1 aliphatic heterocycles. The van der Waals surface area contributed by atoms with Crippen LogP contribution in [0.3, 0.4) is 0 Å². The number of ether oxygens (including phenoxy) is 2. The van der Waals surface area contributed by atoms with Crippen LogP contribution in [-0.4, -0.2) is 26.3 Å². The van der Waals surface area contributed by atoms with Gasteiger partial charge in [0.15, 0.2) is 12.8 Å². The summed E-state index contributed by atoms with van der Waals surface area (Å²) in [6.07, 6.45) is 0.939. The maximum atomic E-state index is 13.7. The van der Waals surface area contributed by atoms with Crippen LogP contribution in [0.1, 0.15) is 16.0 Å². The van der Waals surface area contributed by atoms with E-state index in [1.807, 2.05) is 6.07 Å². The number of fused-ring (bicyclic) bond motifs is 1. The van der Waals surface area contributed by atoms with Gasteiger partial charge < -0.3 is 20.1 Å². The highest BCUT2D eigenvalue weighted by Crippen LogP contribution is 2.29. The minimum absolute atomic E-state index is 0. The molecule has 0 atom stereocenters. The van der Waals surface area contributed by atoms with Gasteiger partial charge in [0.05, 0.1) is 6.61 Å². The Morgan fingerprint density at radius 3 is 3.00 bits per heavy atom. The first kappa shape index (κ1) is 19.9. The molecule has 0 aliphatic carbocycles. The summed E-state index contributed by atoms with van der Waals surface area (Å²) in [4.78, 5) is 5.52. The monoisotopic (exact) mass is 477 g/mol. The number of aliphatic imine (C=N–C) groups is 1. The molecule has 1 aromatic carbocycles. The number of halogens is 2. The van der Waals surface area contributed by atoms with E-state index < -0.39 is 0 Å². The van der Waals surface area contributed by atoms with Crippen molar-refractivity contribution < 1.29 is 13.9 Å². The second-order valence-electron chi connectivity index (χ2n) is 5.35. The van der Waals surface area contributed by atoms with E-state index in [0.29, 0.717) is 24.9 Å². The van der Waals surface area contributed by atoms with E-state index in [0.717, 1.165) is 24.1 Å². The Bertz CT molecular complexity index is 710. The van der Waals surface area contributed by atoms with Crippen LogP contribution < -0.4 is 15.4 Å². The van der Waals surface area contributed by atoms with Crippen molar-refractivity contribution in [2.24, 2.45) is 4.99 Å². The third-order valence-corrected chi connectivity index (χ3v) is 4.60. The topological polar surface area (TPSA) is 54.9 Å². The maximum Gasteiger partial charge on any atom is 0.191 e. The lowest BCUT2D eigenvalue weighted by Gasteiger charge is -2.21. The van der Waals surface area contributed by atoms with Gasteiger partial charge in [-0.15, -0.1) is 35.3 Å². The molecule has 5 nitrogen and oxygen atoms in total. The lowest BCUT2D eigenvalue weighted by atomic mass is 10.1. The summed E-state index contributed by atoms with van der Waals surface area (Å²) in [6.45, 7) is 1.78. The van der Waals surface area contributed by atoms with E-state index in [4.69, 9.17) is 9.47 Å². The van der Waals surface area contributed by atoms with Crippen LogP contribution in [0.15, 0.2) is 34.6 Å². The predicted octanol–water partition coefficient (Wildman–Crippen LogP) is 3.28. The standard InChI is InChI=1S/C17H20FN3O2S.HI/c1-19-17(20-5-4-15-3-2-6-24-15)21-9-12-7-14(18)8-13-10-22-11-23-16(12)13;/h2-3,6-8H,4-5,9-11H2,1H3,(H2,19,20,21);1H. The summed E-state index contributed by atoms with van der Waals surface area (Å²) < 4.78 is 24.5. The molecule has 136 valence electrons. The molecule has 3 rings (SSSR count). The summed E-state index contributed by atoms with van der Waals surface area (Å²) >= 11 is 1.74. The molecule has 0 saturated carbocycles. The Morgan fingerprint density at radius 1 is 1.36 bits per heavy atom. The lowest BCUT2D eigenvalue weighted by Crippen LogP contribution is -2.38. The Hall–Kier alpha value is -1.39. The van der Waals surface area contributed by atoms with Crippen molar-refractivity contribution >= 4 is 41.3 Å². The summed E-state index contributed by atoms with van der Waals surface area (Å²) in [6, 6.07) is 7.09. The molecule has 2 heterocycles. The van der Waals surface area contributed by atoms with Gasteiger partial charge in [-0.2, -0.15) is 0 Å². The average Bonchev–Trinajstić information content (AvgIpc) is 3.11. The second-order valence-corrected chi connectivity index (χ2v) is 6.38. The fourth-order valence-corrected chi connectivity index (χ4v) is 3.26. The molecular weight excluding hydrogens is 456 g/mol. The maximum absolute atomic E-state index is 13.7. The smallest absolute Gasteiger partial charge is 0.191 e. The van der Waals surface area contributed by atoms with E-state index in [2.05, 4.69) is 27.1 Å². The van der Waals surface area contributed by atoms with Gasteiger partial charge in [-0.1, -0.05) is 6.07 Å². The SMILES string of the molecule is CN=C(NCCc1cccs1)NCc1cc(F)cc2c1OCOC2.I. The number of nitrogens with one attached hydrogen (secondary N) is 2. The molecule has 0 unspecified atom stereocenters. The molecular formula is C17H21FIN3O2S. The molecule has 1 aromatic heterocycles. The van der Waals surface area contributed by atoms with E-state index in [1.54, 1.807) is 18.4 Å². The second kappa shape index (κ2) is 9.93. The van der Waals surface area contributed by atoms with E-state index in [1.165, 1.54) is 17.0 Å². The molecule has 0 fully saturated rings. The molecule has 0 amide bonds. The zero-order chi connectivity index (χ0) is 16.8. The van der Waals surface area contributed by atoms with Gasteiger partial charge in [-0.05, 0) is 30.0 Å². The predicted molar refractivity (Wildman–Crippen MR) is 108 cm³/mol. The number of hydrogen-bond acceptors (Lipinski definition) is 4. The van der Waals surface area contributed by atoms with Crippen molar-refractivity contribution in [1.82, 2.24) is 10.6 Å². The first-order valence-electron chi connectivity index (χ1n) is 7.75. The van der Waals surface area contributed by atoms with Gasteiger partial charge in [0, 0.05) is 36.1 Å². The van der Waals surface area contributed by atoms with Crippen LogP contribution in [0.2, 0.25) is 0 Å². The average molecular weight is 477 g/mol. The van der Waals surface area contributed by atoms with Crippen LogP contribution in [-0.2, 0) is 24.3 Å². The van der Waals surface area contributed by atoms with E-state index >= 15 is 0 Å². The molecule has 2 N–H and O–H groups in total. The summed E-state index contributed by atoms with van der Waals surface area (Å²) in [5.74, 6) is 1.08. The molecule has 1 aliphatic rings. The van der Waals surface area contributed by atoms with E-state index in [9.17, 15) is 4.39 Å². The third kappa shape index (κ3) is 5.55. The highest BCUT2D eigenvalue weighted by atomic mass is 127. The molecule has 8 heteroatoms. The highest BCUT2D eigenvalue weighted by Gasteiger charge is 2.17. The fraction of sp³-hybridized carbons (Fsp3) is 0.353. The number of rotatable bonds is 5. The molecule has 0 bridgehead atoms. The molecule has 2 aromatic rings. The van der Waals surface area contributed by atoms with Crippen molar-refractivity contribution in [3.63, 3.8) is 0 Å². The molecule has 25 heavy (non-hydrogen) atoms. The molecule has 0 spiro atoms. The Kier molecular flexibility index (Phi) is 7.91. The van der Waals surface area contributed by atoms with Crippen LogP contribution in [0, 0.1) is 5.82 Å². The Balaban J connectivity index is 0.00000225. The van der Waals surface area contributed by atoms with Crippen molar-refractivity contribution in [2.75, 3.05) is 20.4 Å².